The molecule has 1 aromatic rings. The fraction of sp³-hybridized carbons (Fsp3) is 0. The summed E-state index contributed by atoms with van der Waals surface area (Å²) in [6.45, 7) is 0. The van der Waals surface area contributed by atoms with Crippen molar-refractivity contribution in [1.82, 2.24) is 0 Å². The van der Waals surface area contributed by atoms with Crippen molar-refractivity contribution >= 4 is 5.91 Å². The maximum Gasteiger partial charge on any atom is 0.253 e. The van der Waals surface area contributed by atoms with Crippen LogP contribution in [0.2, 0.25) is 0 Å². The average Bonchev–Trinajstić information content (AvgIpc) is 2.01. The number of rotatable bonds is 1. The first-order chi connectivity index (χ1) is 6.06. The number of nitrogens with zero attached hydrogens (tertiary/aromatic N) is 1. The highest BCUT2D eigenvalue weighted by atomic mass is 19.1. The Kier molecular flexibility index (Phi) is 2.24. The van der Waals surface area contributed by atoms with Crippen molar-refractivity contribution in [2.75, 3.05) is 0 Å². The number of nitrogens with two attached hydrogens (primary N) is 1. The van der Waals surface area contributed by atoms with Crippen LogP contribution in [-0.4, -0.2) is 5.91 Å². The van der Waals surface area contributed by atoms with Gasteiger partial charge in [0, 0.05) is 6.07 Å². The molecule has 0 aliphatic carbocycles. The van der Waals surface area contributed by atoms with Gasteiger partial charge in [0.1, 0.15) is 17.7 Å². The maximum absolute atomic E-state index is 12.9. The molecule has 0 saturated carbocycles. The molecule has 0 spiro atoms. The highest BCUT2D eigenvalue weighted by Gasteiger charge is 2.15. The van der Waals surface area contributed by atoms with Crippen LogP contribution in [0.15, 0.2) is 12.1 Å². The van der Waals surface area contributed by atoms with Crippen LogP contribution in [0.3, 0.4) is 0 Å². The lowest BCUT2D eigenvalue weighted by molar-refractivity contribution is 0.0996. The lowest BCUT2D eigenvalue weighted by atomic mass is 10.1. The number of hydrogen-bond donors (Lipinski definition) is 1. The van der Waals surface area contributed by atoms with Gasteiger partial charge in [0.05, 0.1) is 11.1 Å². The normalized spacial score (nSPS) is 9.31. The van der Waals surface area contributed by atoms with Gasteiger partial charge in [-0.2, -0.15) is 5.26 Å². The second-order valence-corrected chi connectivity index (χ2v) is 2.29. The summed E-state index contributed by atoms with van der Waals surface area (Å²) in [6, 6.07) is 2.73. The number of halogens is 2. The predicted octanol–water partition coefficient (Wildman–Crippen LogP) is 0.935. The number of nitriles is 1. The van der Waals surface area contributed by atoms with E-state index in [4.69, 9.17) is 11.0 Å². The first-order valence-electron chi connectivity index (χ1n) is 3.25. The van der Waals surface area contributed by atoms with Crippen LogP contribution >= 0.6 is 0 Å². The Labute approximate surface area is 72.4 Å². The lowest BCUT2D eigenvalue weighted by Crippen LogP contribution is -2.15. The molecular weight excluding hydrogens is 178 g/mol. The van der Waals surface area contributed by atoms with Gasteiger partial charge in [-0.1, -0.05) is 0 Å². The number of benzene rings is 1. The molecule has 0 bridgehead atoms. The van der Waals surface area contributed by atoms with Crippen LogP contribution in [-0.2, 0) is 0 Å². The van der Waals surface area contributed by atoms with Crippen LogP contribution in [0.1, 0.15) is 15.9 Å². The molecule has 13 heavy (non-hydrogen) atoms. The molecule has 1 aromatic carbocycles. The molecule has 0 heterocycles. The third-order valence-corrected chi connectivity index (χ3v) is 1.42. The highest BCUT2D eigenvalue weighted by Crippen LogP contribution is 2.14. The van der Waals surface area contributed by atoms with E-state index in [9.17, 15) is 13.6 Å². The standard InChI is InChI=1S/C8H4F2N2O/c9-5-1-4(3-11)7(8(12)13)6(10)2-5/h1-2H,(H2,12,13). The molecule has 3 nitrogen and oxygen atoms in total. The van der Waals surface area contributed by atoms with Gasteiger partial charge in [-0.05, 0) is 6.07 Å². The number of carbonyl (C=O) groups is 1. The number of hydrogen-bond acceptors (Lipinski definition) is 2. The Morgan fingerprint density at radius 3 is 2.54 bits per heavy atom. The predicted molar refractivity (Wildman–Crippen MR) is 39.6 cm³/mol. The highest BCUT2D eigenvalue weighted by molar-refractivity contribution is 5.95. The minimum atomic E-state index is -1.12. The van der Waals surface area contributed by atoms with Gasteiger partial charge in [0.25, 0.3) is 5.91 Å². The zero-order valence-electron chi connectivity index (χ0n) is 6.34. The van der Waals surface area contributed by atoms with E-state index in [1.165, 1.54) is 6.07 Å². The van der Waals surface area contributed by atoms with Crippen LogP contribution < -0.4 is 5.73 Å². The van der Waals surface area contributed by atoms with E-state index < -0.39 is 28.7 Å². The van der Waals surface area contributed by atoms with Gasteiger partial charge in [-0.3, -0.25) is 4.79 Å². The molecule has 0 fully saturated rings. The lowest BCUT2D eigenvalue weighted by Gasteiger charge is -2.00. The summed E-state index contributed by atoms with van der Waals surface area (Å²) in [4.78, 5) is 10.6. The molecule has 0 aromatic heterocycles. The van der Waals surface area contributed by atoms with E-state index >= 15 is 0 Å². The SMILES string of the molecule is N#Cc1cc(F)cc(F)c1C(N)=O. The molecule has 0 atom stereocenters. The molecule has 0 aliphatic rings. The fourth-order valence-corrected chi connectivity index (χ4v) is 0.912. The Morgan fingerprint density at radius 1 is 1.46 bits per heavy atom. The third-order valence-electron chi connectivity index (χ3n) is 1.42. The summed E-state index contributed by atoms with van der Waals surface area (Å²) in [5, 5.41) is 8.43. The van der Waals surface area contributed by atoms with E-state index in [1.807, 2.05) is 0 Å². The Morgan fingerprint density at radius 2 is 2.08 bits per heavy atom. The Balaban J connectivity index is 3.50. The number of primary amides is 1. The third kappa shape index (κ3) is 1.62. The zero-order valence-corrected chi connectivity index (χ0v) is 6.34. The van der Waals surface area contributed by atoms with Gasteiger partial charge in [-0.15, -0.1) is 0 Å². The molecule has 0 radical (unpaired) electrons. The number of carbonyl (C=O) groups excluding carboxylic acids is 1. The summed E-state index contributed by atoms with van der Waals surface area (Å²) in [7, 11) is 0. The van der Waals surface area contributed by atoms with Crippen molar-refractivity contribution in [3.8, 4) is 6.07 Å². The molecule has 5 heteroatoms. The quantitative estimate of drug-likeness (QED) is 0.702. The number of amides is 1. The molecule has 1 amide bonds. The molecule has 1 rings (SSSR count). The summed E-state index contributed by atoms with van der Waals surface area (Å²) < 4.78 is 25.4. The summed E-state index contributed by atoms with van der Waals surface area (Å²) >= 11 is 0. The van der Waals surface area contributed by atoms with Crippen LogP contribution in [0.5, 0.6) is 0 Å². The first-order valence-corrected chi connectivity index (χ1v) is 3.25. The minimum Gasteiger partial charge on any atom is -0.365 e. The summed E-state index contributed by atoms with van der Waals surface area (Å²) in [6.07, 6.45) is 0. The zero-order chi connectivity index (χ0) is 10.0. The van der Waals surface area contributed by atoms with Crippen LogP contribution in [0.25, 0.3) is 0 Å². The van der Waals surface area contributed by atoms with E-state index in [1.54, 1.807) is 0 Å². The van der Waals surface area contributed by atoms with Crippen molar-refractivity contribution in [2.45, 2.75) is 0 Å². The van der Waals surface area contributed by atoms with Crippen molar-refractivity contribution in [2.24, 2.45) is 5.73 Å². The second kappa shape index (κ2) is 3.19. The molecule has 0 saturated heterocycles. The molecular formula is C8H4F2N2O. The van der Waals surface area contributed by atoms with E-state index in [0.717, 1.165) is 6.07 Å². The first kappa shape index (κ1) is 9.13. The molecule has 0 unspecified atom stereocenters. The van der Waals surface area contributed by atoms with Crippen LogP contribution in [0.4, 0.5) is 8.78 Å². The largest absolute Gasteiger partial charge is 0.365 e. The van der Waals surface area contributed by atoms with Gasteiger partial charge >= 0.3 is 0 Å². The Bertz CT molecular complexity index is 409. The monoisotopic (exact) mass is 182 g/mol. The topological polar surface area (TPSA) is 66.9 Å². The van der Waals surface area contributed by atoms with Crippen molar-refractivity contribution < 1.29 is 13.6 Å². The second-order valence-electron chi connectivity index (χ2n) is 2.29. The van der Waals surface area contributed by atoms with E-state index in [2.05, 4.69) is 0 Å². The summed E-state index contributed by atoms with van der Waals surface area (Å²) in [5.74, 6) is -3.13. The van der Waals surface area contributed by atoms with E-state index in [-0.39, 0.29) is 0 Å². The maximum atomic E-state index is 12.9. The van der Waals surface area contributed by atoms with Crippen molar-refractivity contribution in [3.05, 3.63) is 34.9 Å². The van der Waals surface area contributed by atoms with Crippen molar-refractivity contribution in [3.63, 3.8) is 0 Å². The fourth-order valence-electron chi connectivity index (χ4n) is 0.912. The Hall–Kier alpha value is -1.96. The average molecular weight is 182 g/mol. The van der Waals surface area contributed by atoms with Gasteiger partial charge in [-0.25, -0.2) is 8.78 Å². The minimum absolute atomic E-state index is 0.398. The van der Waals surface area contributed by atoms with Crippen molar-refractivity contribution in [1.29, 1.82) is 5.26 Å². The van der Waals surface area contributed by atoms with Crippen LogP contribution in [0, 0.1) is 23.0 Å². The molecule has 0 aliphatic heterocycles. The van der Waals surface area contributed by atoms with E-state index in [0.29, 0.717) is 6.07 Å². The van der Waals surface area contributed by atoms with Gasteiger partial charge in [0.15, 0.2) is 0 Å². The molecule has 2 N–H and O–H groups in total. The van der Waals surface area contributed by atoms with Gasteiger partial charge < -0.3 is 5.73 Å². The molecule has 66 valence electrons. The summed E-state index contributed by atoms with van der Waals surface area (Å²) in [5.41, 5.74) is 3.81. The van der Waals surface area contributed by atoms with Gasteiger partial charge in [0.2, 0.25) is 0 Å². The smallest absolute Gasteiger partial charge is 0.253 e.